The number of hydrogen-bond acceptors (Lipinski definition) is 3. The Labute approximate surface area is 173 Å². The lowest BCUT2D eigenvalue weighted by molar-refractivity contribution is -0.145. The summed E-state index contributed by atoms with van der Waals surface area (Å²) >= 11 is 0. The van der Waals surface area contributed by atoms with Crippen LogP contribution < -0.4 is 0 Å². The van der Waals surface area contributed by atoms with Gasteiger partial charge < -0.3 is 10.2 Å². The number of carboxylic acids is 1. The van der Waals surface area contributed by atoms with Crippen LogP contribution in [0.3, 0.4) is 0 Å². The molecule has 156 valence electrons. The van der Waals surface area contributed by atoms with Gasteiger partial charge in [-0.3, -0.25) is 14.2 Å². The minimum atomic E-state index is -1.21. The van der Waals surface area contributed by atoms with E-state index in [0.29, 0.717) is 22.2 Å². The predicted molar refractivity (Wildman–Crippen MR) is 111 cm³/mol. The molecular formula is C24H24FNO4. The smallest absolute Gasteiger partial charge is 0.314 e. The van der Waals surface area contributed by atoms with E-state index in [2.05, 4.69) is 0 Å². The quantitative estimate of drug-likeness (QED) is 0.634. The number of carbonyl (C=O) groups is 2. The van der Waals surface area contributed by atoms with Crippen LogP contribution in [0, 0.1) is 18.7 Å². The van der Waals surface area contributed by atoms with Gasteiger partial charge in [0, 0.05) is 16.6 Å². The Morgan fingerprint density at radius 2 is 1.83 bits per heavy atom. The van der Waals surface area contributed by atoms with E-state index in [0.717, 1.165) is 25.7 Å². The summed E-state index contributed by atoms with van der Waals surface area (Å²) in [5, 5.41) is 21.0. The van der Waals surface area contributed by atoms with E-state index in [1.807, 2.05) is 0 Å². The third-order valence-corrected chi connectivity index (χ3v) is 6.60. The van der Waals surface area contributed by atoms with Crippen molar-refractivity contribution in [2.75, 3.05) is 0 Å². The molecule has 1 atom stereocenters. The highest BCUT2D eigenvalue weighted by Crippen LogP contribution is 2.47. The van der Waals surface area contributed by atoms with Gasteiger partial charge in [-0.25, -0.2) is 4.39 Å². The van der Waals surface area contributed by atoms with Crippen LogP contribution in [0.1, 0.15) is 54.2 Å². The van der Waals surface area contributed by atoms with Crippen LogP contribution >= 0.6 is 0 Å². The van der Waals surface area contributed by atoms with Crippen molar-refractivity contribution in [2.45, 2.75) is 44.9 Å². The van der Waals surface area contributed by atoms with Crippen molar-refractivity contribution in [3.8, 4) is 5.75 Å². The topological polar surface area (TPSA) is 79.5 Å². The average Bonchev–Trinajstić information content (AvgIpc) is 3.33. The van der Waals surface area contributed by atoms with Crippen molar-refractivity contribution in [1.82, 2.24) is 4.57 Å². The van der Waals surface area contributed by atoms with Crippen molar-refractivity contribution in [3.63, 3.8) is 0 Å². The highest BCUT2D eigenvalue weighted by molar-refractivity contribution is 6.06. The molecule has 0 bridgehead atoms. The van der Waals surface area contributed by atoms with Crippen molar-refractivity contribution in [3.05, 3.63) is 65.1 Å². The molecule has 5 nitrogen and oxygen atoms in total. The lowest BCUT2D eigenvalue weighted by Gasteiger charge is -2.32. The first-order chi connectivity index (χ1) is 14.2. The molecule has 0 unspecified atom stereocenters. The first-order valence-corrected chi connectivity index (χ1v) is 10.1. The zero-order chi connectivity index (χ0) is 21.6. The first-order valence-electron chi connectivity index (χ1n) is 10.1. The number of nitrogens with zero attached hydrogens (tertiary/aromatic N) is 1. The SMILES string of the molecule is Cc1c([C@](C)(C(=O)O)C2CCCC2)c2cc(O)ccc2n1C(=O)c1cccc(F)c1. The van der Waals surface area contributed by atoms with Gasteiger partial charge in [0.2, 0.25) is 0 Å². The first kappa shape index (κ1) is 20.1. The van der Waals surface area contributed by atoms with Crippen LogP contribution in [-0.4, -0.2) is 26.7 Å². The van der Waals surface area contributed by atoms with Crippen molar-refractivity contribution < 1.29 is 24.2 Å². The number of halogens is 1. The summed E-state index contributed by atoms with van der Waals surface area (Å²) in [6.45, 7) is 3.44. The molecule has 4 rings (SSSR count). The van der Waals surface area contributed by atoms with E-state index in [1.165, 1.54) is 41.0 Å². The second kappa shape index (κ2) is 7.27. The molecule has 0 saturated heterocycles. The van der Waals surface area contributed by atoms with Gasteiger partial charge >= 0.3 is 5.97 Å². The zero-order valence-corrected chi connectivity index (χ0v) is 17.0. The van der Waals surface area contributed by atoms with E-state index in [1.54, 1.807) is 19.9 Å². The van der Waals surface area contributed by atoms with Crippen molar-refractivity contribution in [2.24, 2.45) is 5.92 Å². The molecule has 0 radical (unpaired) electrons. The maximum Gasteiger partial charge on any atom is 0.314 e. The van der Waals surface area contributed by atoms with Crippen LogP contribution in [0.4, 0.5) is 4.39 Å². The summed E-state index contributed by atoms with van der Waals surface area (Å²) in [7, 11) is 0. The molecule has 30 heavy (non-hydrogen) atoms. The van der Waals surface area contributed by atoms with Crippen LogP contribution in [-0.2, 0) is 10.2 Å². The van der Waals surface area contributed by atoms with Gasteiger partial charge in [-0.1, -0.05) is 18.9 Å². The molecule has 1 aromatic heterocycles. The molecule has 3 aromatic rings. The molecule has 1 heterocycles. The van der Waals surface area contributed by atoms with Crippen LogP contribution in [0.5, 0.6) is 5.75 Å². The molecule has 6 heteroatoms. The van der Waals surface area contributed by atoms with Gasteiger partial charge in [-0.15, -0.1) is 0 Å². The fourth-order valence-corrected chi connectivity index (χ4v) is 5.06. The van der Waals surface area contributed by atoms with Gasteiger partial charge in [0.15, 0.2) is 0 Å². The van der Waals surface area contributed by atoms with Gasteiger partial charge in [0.1, 0.15) is 11.6 Å². The molecule has 0 aliphatic heterocycles. The number of aliphatic carboxylic acids is 1. The number of aromatic hydroxyl groups is 1. The van der Waals surface area contributed by atoms with E-state index >= 15 is 0 Å². The Balaban J connectivity index is 2.02. The minimum absolute atomic E-state index is 0.00161. The summed E-state index contributed by atoms with van der Waals surface area (Å²) in [4.78, 5) is 25.9. The van der Waals surface area contributed by atoms with Crippen molar-refractivity contribution in [1.29, 1.82) is 0 Å². The fourth-order valence-electron chi connectivity index (χ4n) is 5.06. The van der Waals surface area contributed by atoms with Crippen LogP contribution in [0.15, 0.2) is 42.5 Å². The van der Waals surface area contributed by atoms with Crippen LogP contribution in [0.25, 0.3) is 10.9 Å². The van der Waals surface area contributed by atoms with Gasteiger partial charge in [-0.2, -0.15) is 0 Å². The van der Waals surface area contributed by atoms with E-state index in [9.17, 15) is 24.2 Å². The normalized spacial score (nSPS) is 16.6. The van der Waals surface area contributed by atoms with Gasteiger partial charge in [0.05, 0.1) is 10.9 Å². The Morgan fingerprint density at radius 1 is 1.13 bits per heavy atom. The van der Waals surface area contributed by atoms with E-state index in [4.69, 9.17) is 0 Å². The predicted octanol–water partition coefficient (Wildman–Crippen LogP) is 5.02. The van der Waals surface area contributed by atoms with Crippen molar-refractivity contribution >= 4 is 22.8 Å². The third kappa shape index (κ3) is 2.98. The van der Waals surface area contributed by atoms with E-state index in [-0.39, 0.29) is 17.2 Å². The van der Waals surface area contributed by atoms with Gasteiger partial charge in [0.25, 0.3) is 5.91 Å². The van der Waals surface area contributed by atoms with Crippen LogP contribution in [0.2, 0.25) is 0 Å². The standard InChI is InChI=1S/C24H24FNO4/c1-14-21(24(2,23(29)30)16-7-3-4-8-16)19-13-18(27)10-11-20(19)26(14)22(28)15-6-5-9-17(25)12-15/h5-6,9-13,16,27H,3-4,7-8H2,1-2H3,(H,29,30)/t24-/m1/s1. The molecular weight excluding hydrogens is 385 g/mol. The monoisotopic (exact) mass is 409 g/mol. The highest BCUT2D eigenvalue weighted by atomic mass is 19.1. The summed E-state index contributed by atoms with van der Waals surface area (Å²) in [5.74, 6) is -1.97. The Bertz CT molecular complexity index is 1160. The number of carboxylic acid groups (broad SMARTS) is 1. The lowest BCUT2D eigenvalue weighted by Crippen LogP contribution is -2.40. The van der Waals surface area contributed by atoms with Gasteiger partial charge in [-0.05, 0) is 74.6 Å². The molecule has 1 saturated carbocycles. The number of hydrogen-bond donors (Lipinski definition) is 2. The molecule has 0 spiro atoms. The molecule has 1 aliphatic rings. The fraction of sp³-hybridized carbons (Fsp3) is 0.333. The number of rotatable bonds is 4. The Kier molecular flexibility index (Phi) is 4.88. The Hall–Kier alpha value is -3.15. The molecule has 2 N–H and O–H groups in total. The maximum atomic E-state index is 13.7. The third-order valence-electron chi connectivity index (χ3n) is 6.60. The molecule has 0 amide bonds. The number of benzene rings is 2. The number of carbonyl (C=O) groups excluding carboxylic acids is 1. The number of phenolic OH excluding ortho intramolecular Hbond substituents is 1. The average molecular weight is 409 g/mol. The number of aromatic nitrogens is 1. The second-order valence-corrected chi connectivity index (χ2v) is 8.30. The lowest BCUT2D eigenvalue weighted by atomic mass is 9.70. The van der Waals surface area contributed by atoms with E-state index < -0.39 is 23.1 Å². The zero-order valence-electron chi connectivity index (χ0n) is 17.0. The minimum Gasteiger partial charge on any atom is -0.508 e. The largest absolute Gasteiger partial charge is 0.508 e. The highest BCUT2D eigenvalue weighted by Gasteiger charge is 2.47. The molecule has 1 aliphatic carbocycles. The number of phenols is 1. The summed E-state index contributed by atoms with van der Waals surface area (Å²) in [6.07, 6.45) is 3.54. The summed E-state index contributed by atoms with van der Waals surface area (Å²) in [6, 6.07) is 10.0. The summed E-state index contributed by atoms with van der Waals surface area (Å²) < 4.78 is 15.2. The maximum absolute atomic E-state index is 13.7. The molecule has 2 aromatic carbocycles. The Morgan fingerprint density at radius 3 is 2.47 bits per heavy atom. The second-order valence-electron chi connectivity index (χ2n) is 8.30. The molecule has 1 fully saturated rings. The number of fused-ring (bicyclic) bond motifs is 1. The summed E-state index contributed by atoms with van der Waals surface area (Å²) in [5.41, 5.74) is 0.506.